The van der Waals surface area contributed by atoms with E-state index in [1.807, 2.05) is 18.2 Å². The van der Waals surface area contributed by atoms with Crippen molar-refractivity contribution >= 4 is 15.9 Å². The molecule has 1 fully saturated rings. The van der Waals surface area contributed by atoms with Gasteiger partial charge in [-0.2, -0.15) is 0 Å². The quantitative estimate of drug-likeness (QED) is 0.891. The van der Waals surface area contributed by atoms with E-state index in [1.54, 1.807) is 24.3 Å². The van der Waals surface area contributed by atoms with Gasteiger partial charge in [0.2, 0.25) is 10.0 Å². The van der Waals surface area contributed by atoms with Crippen molar-refractivity contribution in [3.63, 3.8) is 0 Å². The minimum Gasteiger partial charge on any atom is -0.348 e. The van der Waals surface area contributed by atoms with Crippen molar-refractivity contribution in [3.05, 3.63) is 65.7 Å². The molecule has 1 saturated carbocycles. The van der Waals surface area contributed by atoms with Crippen molar-refractivity contribution in [3.8, 4) is 0 Å². The van der Waals surface area contributed by atoms with Gasteiger partial charge in [-0.1, -0.05) is 44.2 Å². The highest BCUT2D eigenvalue weighted by atomic mass is 32.2. The molecule has 2 atom stereocenters. The Bertz CT molecular complexity index is 859. The molecule has 1 aliphatic carbocycles. The zero-order chi connectivity index (χ0) is 17.5. The number of hydrogen-bond acceptors (Lipinski definition) is 3. The van der Waals surface area contributed by atoms with Crippen molar-refractivity contribution < 1.29 is 13.2 Å². The highest BCUT2D eigenvalue weighted by Crippen LogP contribution is 2.58. The Morgan fingerprint density at radius 3 is 2.17 bits per heavy atom. The molecule has 0 aromatic heterocycles. The Hall–Kier alpha value is -2.18. The Kier molecular flexibility index (Phi) is 3.97. The normalized spacial score (nSPS) is 22.0. The second-order valence-electron chi connectivity index (χ2n) is 6.73. The fourth-order valence-corrected chi connectivity index (χ4v) is 3.72. The van der Waals surface area contributed by atoms with Crippen molar-refractivity contribution in [2.75, 3.05) is 0 Å². The van der Waals surface area contributed by atoms with E-state index in [0.29, 0.717) is 5.56 Å². The first kappa shape index (κ1) is 16.7. The van der Waals surface area contributed by atoms with Gasteiger partial charge in [-0.3, -0.25) is 4.79 Å². The van der Waals surface area contributed by atoms with Crippen molar-refractivity contribution in [1.82, 2.24) is 5.32 Å². The van der Waals surface area contributed by atoms with Crippen LogP contribution in [0.2, 0.25) is 0 Å². The second kappa shape index (κ2) is 5.72. The average molecular weight is 344 g/mol. The zero-order valence-electron chi connectivity index (χ0n) is 13.6. The number of rotatable bonds is 4. The van der Waals surface area contributed by atoms with Gasteiger partial charge >= 0.3 is 0 Å². The summed E-state index contributed by atoms with van der Waals surface area (Å²) < 4.78 is 22.7. The number of nitrogens with one attached hydrogen (secondary N) is 1. The predicted molar refractivity (Wildman–Crippen MR) is 92.0 cm³/mol. The molecule has 5 nitrogen and oxygen atoms in total. The summed E-state index contributed by atoms with van der Waals surface area (Å²) in [6.07, 6.45) is 0. The number of amides is 1. The standard InChI is InChI=1S/C18H20N2O3S/c1-18(2)15(12-8-10-14(11-9-12)24(19,22)23)16(18)20-17(21)13-6-4-3-5-7-13/h3-11,15-16H,1-2H3,(H,20,21)(H2,19,22,23)/t15-,16-/m1/s1. The van der Waals surface area contributed by atoms with Crippen molar-refractivity contribution in [1.29, 1.82) is 0 Å². The van der Waals surface area contributed by atoms with Crippen LogP contribution < -0.4 is 10.5 Å². The van der Waals surface area contributed by atoms with Crippen LogP contribution in [-0.4, -0.2) is 20.4 Å². The monoisotopic (exact) mass is 344 g/mol. The molecule has 24 heavy (non-hydrogen) atoms. The molecule has 2 aromatic carbocycles. The van der Waals surface area contributed by atoms with Crippen LogP contribution in [0.25, 0.3) is 0 Å². The van der Waals surface area contributed by atoms with Gasteiger partial charge in [-0.15, -0.1) is 0 Å². The first-order valence-corrected chi connectivity index (χ1v) is 9.24. The van der Waals surface area contributed by atoms with Crippen LogP contribution in [0.5, 0.6) is 0 Å². The summed E-state index contributed by atoms with van der Waals surface area (Å²) in [5.41, 5.74) is 1.53. The fourth-order valence-electron chi connectivity index (χ4n) is 3.21. The molecule has 126 valence electrons. The van der Waals surface area contributed by atoms with Crippen LogP contribution in [0.15, 0.2) is 59.5 Å². The number of primary sulfonamides is 1. The van der Waals surface area contributed by atoms with E-state index in [9.17, 15) is 13.2 Å². The number of nitrogens with two attached hydrogens (primary N) is 1. The largest absolute Gasteiger partial charge is 0.348 e. The van der Waals surface area contributed by atoms with E-state index in [-0.39, 0.29) is 28.2 Å². The summed E-state index contributed by atoms with van der Waals surface area (Å²) in [6, 6.07) is 15.6. The lowest BCUT2D eigenvalue weighted by molar-refractivity contribution is 0.0946. The van der Waals surface area contributed by atoms with Crippen LogP contribution in [-0.2, 0) is 10.0 Å². The number of sulfonamides is 1. The third-order valence-electron chi connectivity index (χ3n) is 4.72. The van der Waals surface area contributed by atoms with Crippen molar-refractivity contribution in [2.45, 2.75) is 30.7 Å². The molecule has 1 amide bonds. The van der Waals surface area contributed by atoms with Gasteiger partial charge in [0.15, 0.2) is 0 Å². The van der Waals surface area contributed by atoms with Gasteiger partial charge in [0, 0.05) is 17.5 Å². The summed E-state index contributed by atoms with van der Waals surface area (Å²) in [5, 5.41) is 8.20. The molecule has 3 N–H and O–H groups in total. The first-order chi connectivity index (χ1) is 11.2. The van der Waals surface area contributed by atoms with Gasteiger partial charge in [0.1, 0.15) is 0 Å². The van der Waals surface area contributed by atoms with Crippen LogP contribution >= 0.6 is 0 Å². The molecule has 0 spiro atoms. The molecular weight excluding hydrogens is 324 g/mol. The van der Waals surface area contributed by atoms with Gasteiger partial charge in [-0.05, 0) is 35.2 Å². The third-order valence-corrected chi connectivity index (χ3v) is 5.65. The average Bonchev–Trinajstić information content (AvgIpc) is 3.08. The molecule has 0 unspecified atom stereocenters. The SMILES string of the molecule is CC1(C)[C@H](NC(=O)c2ccccc2)[C@H]1c1ccc(S(N)(=O)=O)cc1. The number of hydrogen-bond donors (Lipinski definition) is 2. The maximum absolute atomic E-state index is 12.3. The molecule has 0 heterocycles. The molecule has 0 aliphatic heterocycles. The minimum atomic E-state index is -3.69. The number of carbonyl (C=O) groups excluding carboxylic acids is 1. The number of carbonyl (C=O) groups is 1. The van der Waals surface area contributed by atoms with Gasteiger partial charge in [0.25, 0.3) is 5.91 Å². The van der Waals surface area contributed by atoms with E-state index in [1.165, 1.54) is 12.1 Å². The second-order valence-corrected chi connectivity index (χ2v) is 8.29. The smallest absolute Gasteiger partial charge is 0.251 e. The van der Waals surface area contributed by atoms with Crippen LogP contribution in [0.1, 0.15) is 35.7 Å². The lowest BCUT2D eigenvalue weighted by Crippen LogP contribution is -2.28. The summed E-state index contributed by atoms with van der Waals surface area (Å²) in [4.78, 5) is 12.4. The molecule has 0 saturated heterocycles. The molecule has 1 aliphatic rings. The van der Waals surface area contributed by atoms with E-state index < -0.39 is 10.0 Å². The van der Waals surface area contributed by atoms with Gasteiger partial charge in [-0.25, -0.2) is 13.6 Å². The fraction of sp³-hybridized carbons (Fsp3) is 0.278. The van der Waals surface area contributed by atoms with E-state index >= 15 is 0 Å². The van der Waals surface area contributed by atoms with E-state index in [4.69, 9.17) is 5.14 Å². The highest BCUT2D eigenvalue weighted by Gasteiger charge is 2.59. The molecule has 3 rings (SSSR count). The Morgan fingerprint density at radius 1 is 1.04 bits per heavy atom. The summed E-state index contributed by atoms with van der Waals surface area (Å²) in [6.45, 7) is 4.17. The highest BCUT2D eigenvalue weighted by molar-refractivity contribution is 7.89. The Morgan fingerprint density at radius 2 is 1.62 bits per heavy atom. The zero-order valence-corrected chi connectivity index (χ0v) is 14.4. The van der Waals surface area contributed by atoms with Gasteiger partial charge < -0.3 is 5.32 Å². The maximum atomic E-state index is 12.3. The summed E-state index contributed by atoms with van der Waals surface area (Å²) in [7, 11) is -3.69. The van der Waals surface area contributed by atoms with Crippen LogP contribution in [0.3, 0.4) is 0 Å². The Balaban J connectivity index is 1.77. The topological polar surface area (TPSA) is 89.3 Å². The number of benzene rings is 2. The lowest BCUT2D eigenvalue weighted by atomic mass is 10.0. The van der Waals surface area contributed by atoms with Crippen LogP contribution in [0.4, 0.5) is 0 Å². The maximum Gasteiger partial charge on any atom is 0.251 e. The van der Waals surface area contributed by atoms with Crippen molar-refractivity contribution in [2.24, 2.45) is 10.6 Å². The summed E-state index contributed by atoms with van der Waals surface area (Å²) >= 11 is 0. The molecule has 6 heteroatoms. The molecule has 2 aromatic rings. The molecule has 0 radical (unpaired) electrons. The predicted octanol–water partition coefficient (Wildman–Crippen LogP) is 2.26. The molecular formula is C18H20N2O3S. The van der Waals surface area contributed by atoms with E-state index in [2.05, 4.69) is 19.2 Å². The van der Waals surface area contributed by atoms with Crippen LogP contribution in [0, 0.1) is 5.41 Å². The lowest BCUT2D eigenvalue weighted by Gasteiger charge is -2.06. The van der Waals surface area contributed by atoms with Gasteiger partial charge in [0.05, 0.1) is 4.90 Å². The van der Waals surface area contributed by atoms with E-state index in [0.717, 1.165) is 5.56 Å². The summed E-state index contributed by atoms with van der Waals surface area (Å²) in [5.74, 6) is 0.0389. The first-order valence-electron chi connectivity index (χ1n) is 7.70. The third kappa shape index (κ3) is 3.07. The molecule has 0 bridgehead atoms. The minimum absolute atomic E-state index is 0.00513. The Labute approximate surface area is 141 Å².